The van der Waals surface area contributed by atoms with E-state index in [9.17, 15) is 36.6 Å². The van der Waals surface area contributed by atoms with E-state index in [-0.39, 0.29) is 17.9 Å². The van der Waals surface area contributed by atoms with Gasteiger partial charge in [0.2, 0.25) is 0 Å². The molecule has 0 aliphatic heterocycles. The molecule has 12 heteroatoms. The van der Waals surface area contributed by atoms with E-state index in [1.807, 2.05) is 0 Å². The number of aryl methyl sites for hydroxylation is 1. The zero-order chi connectivity index (χ0) is 25.9. The molecule has 2 N–H and O–H groups in total. The number of rotatable bonds is 9. The standard InChI is InChI=1S/C22H24F5N3O4/c1-12-7-14(8-15(29-12)9-18(31)20(3,4)33)13(2)30-19(32)17-6-5-16(10-28-17)34-11-21(23,24)22(25,26)27/h5-8,10,13,33H,9,11H2,1-4H3,(H,30,32). The number of hydrogen-bond donors (Lipinski definition) is 2. The number of halogens is 5. The van der Waals surface area contributed by atoms with Crippen LogP contribution < -0.4 is 10.1 Å². The summed E-state index contributed by atoms with van der Waals surface area (Å²) in [5.74, 6) is -6.45. The third kappa shape index (κ3) is 7.17. The van der Waals surface area contributed by atoms with E-state index in [0.717, 1.165) is 18.3 Å². The number of ether oxygens (including phenoxy) is 1. The Bertz CT molecular complexity index is 1030. The first-order valence-electron chi connectivity index (χ1n) is 10.1. The molecule has 0 aromatic carbocycles. The lowest BCUT2D eigenvalue weighted by molar-refractivity contribution is -0.290. The highest BCUT2D eigenvalue weighted by Gasteiger charge is 2.58. The Morgan fingerprint density at radius 1 is 1.15 bits per heavy atom. The summed E-state index contributed by atoms with van der Waals surface area (Å²) < 4.78 is 66.9. The van der Waals surface area contributed by atoms with E-state index in [4.69, 9.17) is 0 Å². The second-order valence-corrected chi connectivity index (χ2v) is 8.26. The molecule has 2 aromatic rings. The maximum atomic E-state index is 12.9. The maximum Gasteiger partial charge on any atom is 0.456 e. The molecule has 34 heavy (non-hydrogen) atoms. The number of alkyl halides is 5. The van der Waals surface area contributed by atoms with E-state index >= 15 is 0 Å². The van der Waals surface area contributed by atoms with Gasteiger partial charge in [-0.25, -0.2) is 4.98 Å². The van der Waals surface area contributed by atoms with Crippen molar-refractivity contribution in [1.82, 2.24) is 15.3 Å². The Labute approximate surface area is 192 Å². The summed E-state index contributed by atoms with van der Waals surface area (Å²) in [4.78, 5) is 32.6. The van der Waals surface area contributed by atoms with Crippen LogP contribution in [-0.4, -0.2) is 51.1 Å². The number of aliphatic hydroxyl groups is 1. The molecule has 1 amide bonds. The van der Waals surface area contributed by atoms with Crippen LogP contribution >= 0.6 is 0 Å². The van der Waals surface area contributed by atoms with Gasteiger partial charge in [0, 0.05) is 11.4 Å². The van der Waals surface area contributed by atoms with Crippen LogP contribution in [0.5, 0.6) is 5.75 Å². The Hall–Kier alpha value is -3.15. The number of pyridine rings is 2. The number of amides is 1. The molecule has 0 radical (unpaired) electrons. The van der Waals surface area contributed by atoms with Crippen LogP contribution in [0.15, 0.2) is 30.5 Å². The Morgan fingerprint density at radius 3 is 2.32 bits per heavy atom. The zero-order valence-electron chi connectivity index (χ0n) is 18.8. The van der Waals surface area contributed by atoms with Crippen LogP contribution in [0, 0.1) is 6.92 Å². The van der Waals surface area contributed by atoms with Gasteiger partial charge in [-0.3, -0.25) is 14.6 Å². The minimum atomic E-state index is -5.75. The molecule has 0 saturated heterocycles. The fraction of sp³-hybridized carbons (Fsp3) is 0.455. The minimum Gasteiger partial charge on any atom is -0.485 e. The molecule has 186 valence electrons. The molecule has 2 rings (SSSR count). The van der Waals surface area contributed by atoms with E-state index in [0.29, 0.717) is 17.0 Å². The molecule has 0 saturated carbocycles. The van der Waals surface area contributed by atoms with E-state index < -0.39 is 42.0 Å². The average Bonchev–Trinajstić information content (AvgIpc) is 2.70. The third-order valence-corrected chi connectivity index (χ3v) is 4.70. The van der Waals surface area contributed by atoms with E-state index in [2.05, 4.69) is 20.0 Å². The minimum absolute atomic E-state index is 0.102. The summed E-state index contributed by atoms with van der Waals surface area (Å²) in [6.07, 6.45) is -4.98. The second kappa shape index (κ2) is 10.00. The molecule has 1 atom stereocenters. The first kappa shape index (κ1) is 27.1. The molecule has 0 aliphatic rings. The number of nitrogens with zero attached hydrogens (tertiary/aromatic N) is 2. The Morgan fingerprint density at radius 2 is 1.79 bits per heavy atom. The monoisotopic (exact) mass is 489 g/mol. The number of nitrogens with one attached hydrogen (secondary N) is 1. The number of hydrogen-bond acceptors (Lipinski definition) is 6. The fourth-order valence-electron chi connectivity index (χ4n) is 2.70. The lowest BCUT2D eigenvalue weighted by Crippen LogP contribution is -2.41. The molecule has 1 unspecified atom stereocenters. The maximum absolute atomic E-state index is 12.9. The first-order chi connectivity index (χ1) is 15.5. The molecule has 0 aliphatic carbocycles. The van der Waals surface area contributed by atoms with Crippen LogP contribution in [0.2, 0.25) is 0 Å². The van der Waals surface area contributed by atoms with Gasteiger partial charge in [-0.15, -0.1) is 0 Å². The van der Waals surface area contributed by atoms with Crippen molar-refractivity contribution in [3.8, 4) is 5.75 Å². The van der Waals surface area contributed by atoms with Gasteiger partial charge in [0.05, 0.1) is 18.7 Å². The second-order valence-electron chi connectivity index (χ2n) is 8.26. The normalized spacial score (nSPS) is 13.4. The predicted molar refractivity (Wildman–Crippen MR) is 111 cm³/mol. The van der Waals surface area contributed by atoms with Gasteiger partial charge in [0.25, 0.3) is 5.91 Å². The number of aromatic nitrogens is 2. The lowest BCUT2D eigenvalue weighted by Gasteiger charge is -2.19. The summed E-state index contributed by atoms with van der Waals surface area (Å²) in [6.45, 7) is 4.21. The van der Waals surface area contributed by atoms with Crippen molar-refractivity contribution in [2.75, 3.05) is 6.61 Å². The zero-order valence-corrected chi connectivity index (χ0v) is 18.8. The summed E-state index contributed by atoms with van der Waals surface area (Å²) in [5, 5.41) is 12.5. The highest BCUT2D eigenvalue weighted by molar-refractivity contribution is 5.92. The van der Waals surface area contributed by atoms with Crippen molar-refractivity contribution in [3.63, 3.8) is 0 Å². The largest absolute Gasteiger partial charge is 0.485 e. The van der Waals surface area contributed by atoms with E-state index in [1.165, 1.54) is 13.8 Å². The average molecular weight is 489 g/mol. The summed E-state index contributed by atoms with van der Waals surface area (Å²) in [5.41, 5.74) is -0.0000383. The van der Waals surface area contributed by atoms with Gasteiger partial charge in [-0.1, -0.05) is 0 Å². The number of Topliss-reactive ketones (excluding diaryl/α,β-unsaturated/α-hetero) is 1. The van der Waals surface area contributed by atoms with Crippen molar-refractivity contribution in [1.29, 1.82) is 0 Å². The molecular weight excluding hydrogens is 465 g/mol. The SMILES string of the molecule is Cc1cc(C(C)NC(=O)c2ccc(OCC(F)(F)C(F)(F)F)cn2)cc(CC(=O)C(C)(C)O)n1. The number of ketones is 1. The van der Waals surface area contributed by atoms with Crippen molar-refractivity contribution in [3.05, 3.63) is 53.1 Å². The van der Waals surface area contributed by atoms with Gasteiger partial charge in [0.15, 0.2) is 12.4 Å². The molecule has 2 aromatic heterocycles. The summed E-state index contributed by atoms with van der Waals surface area (Å²) in [7, 11) is 0. The van der Waals surface area contributed by atoms with Crippen LogP contribution in [0.1, 0.15) is 54.3 Å². The molecule has 0 spiro atoms. The summed E-state index contributed by atoms with van der Waals surface area (Å²) in [6, 6.07) is 4.94. The van der Waals surface area contributed by atoms with Gasteiger partial charge in [-0.05, 0) is 57.5 Å². The molecule has 0 bridgehead atoms. The quantitative estimate of drug-likeness (QED) is 0.521. The van der Waals surface area contributed by atoms with Crippen LogP contribution in [0.25, 0.3) is 0 Å². The fourth-order valence-corrected chi connectivity index (χ4v) is 2.70. The van der Waals surface area contributed by atoms with Crippen molar-refractivity contribution in [2.45, 2.75) is 57.9 Å². The van der Waals surface area contributed by atoms with Crippen molar-refractivity contribution in [2.24, 2.45) is 0 Å². The van der Waals surface area contributed by atoms with Crippen LogP contribution in [-0.2, 0) is 11.2 Å². The highest BCUT2D eigenvalue weighted by atomic mass is 19.4. The molecule has 2 heterocycles. The van der Waals surface area contributed by atoms with Crippen LogP contribution in [0.4, 0.5) is 22.0 Å². The van der Waals surface area contributed by atoms with Crippen molar-refractivity contribution < 1.29 is 41.4 Å². The molecule has 7 nitrogen and oxygen atoms in total. The van der Waals surface area contributed by atoms with Gasteiger partial charge >= 0.3 is 12.1 Å². The number of carbonyl (C=O) groups is 2. The molecular formula is C22H24F5N3O4. The molecule has 0 fully saturated rings. The Balaban J connectivity index is 2.05. The smallest absolute Gasteiger partial charge is 0.456 e. The first-order valence-corrected chi connectivity index (χ1v) is 10.1. The lowest BCUT2D eigenvalue weighted by atomic mass is 9.98. The predicted octanol–water partition coefficient (Wildman–Crippen LogP) is 3.73. The van der Waals surface area contributed by atoms with Gasteiger partial charge < -0.3 is 15.2 Å². The van der Waals surface area contributed by atoms with Gasteiger partial charge in [0.1, 0.15) is 17.0 Å². The van der Waals surface area contributed by atoms with Gasteiger partial charge in [-0.2, -0.15) is 22.0 Å². The third-order valence-electron chi connectivity index (χ3n) is 4.70. The van der Waals surface area contributed by atoms with Crippen molar-refractivity contribution >= 4 is 11.7 Å². The topological polar surface area (TPSA) is 101 Å². The number of carbonyl (C=O) groups excluding carboxylic acids is 2. The van der Waals surface area contributed by atoms with Crippen LogP contribution in [0.3, 0.4) is 0 Å². The van der Waals surface area contributed by atoms with E-state index in [1.54, 1.807) is 26.0 Å². The Kier molecular flexibility index (Phi) is 7.97. The highest BCUT2D eigenvalue weighted by Crippen LogP contribution is 2.35. The summed E-state index contributed by atoms with van der Waals surface area (Å²) >= 11 is 0.